The molecule has 2 aromatic carbocycles. The van der Waals surface area contributed by atoms with Crippen molar-refractivity contribution in [2.45, 2.75) is 36.3 Å². The van der Waals surface area contributed by atoms with Gasteiger partial charge in [-0.25, -0.2) is 0 Å². The van der Waals surface area contributed by atoms with E-state index in [9.17, 15) is 0 Å². The fourth-order valence-electron chi connectivity index (χ4n) is 4.42. The highest BCUT2D eigenvalue weighted by molar-refractivity contribution is 7.99. The Hall–Kier alpha value is -1.45. The number of piperidine rings is 3. The minimum Gasteiger partial charge on any atom is -0.497 e. The lowest BCUT2D eigenvalue weighted by atomic mass is 9.84. The molecule has 132 valence electrons. The first kappa shape index (κ1) is 17.0. The van der Waals surface area contributed by atoms with E-state index in [0.717, 1.165) is 11.5 Å². The highest BCUT2D eigenvalue weighted by Gasteiger charge is 2.49. The van der Waals surface area contributed by atoms with Crippen molar-refractivity contribution in [3.63, 3.8) is 0 Å². The molecule has 0 unspecified atom stereocenters. The molecule has 0 saturated carbocycles. The first-order chi connectivity index (χ1) is 12.2. The number of hydrogen-bond acceptors (Lipinski definition) is 2. The lowest BCUT2D eigenvalue weighted by Gasteiger charge is -2.54. The number of hydrogen-bond donors (Lipinski definition) is 0. The minimum absolute atomic E-state index is 0.524. The van der Waals surface area contributed by atoms with E-state index in [1.54, 1.807) is 7.11 Å². The smallest absolute Gasteiger partial charge is 0.118 e. The monoisotopic (exact) mass is 354 g/mol. The molecule has 3 aliphatic heterocycles. The molecule has 25 heavy (non-hydrogen) atoms. The molecule has 0 spiro atoms. The van der Waals surface area contributed by atoms with Crippen LogP contribution in [0.25, 0.3) is 0 Å². The fraction of sp³-hybridized carbons (Fsp3) is 0.455. The van der Waals surface area contributed by atoms with Gasteiger partial charge in [0.15, 0.2) is 0 Å². The van der Waals surface area contributed by atoms with Gasteiger partial charge in [0.1, 0.15) is 12.3 Å². The maximum atomic E-state index is 5.26. The summed E-state index contributed by atoms with van der Waals surface area (Å²) < 4.78 is 7.10. The van der Waals surface area contributed by atoms with Crippen LogP contribution in [0.15, 0.2) is 54.6 Å². The molecule has 0 atom stereocenters. The summed E-state index contributed by atoms with van der Waals surface area (Å²) in [6, 6.07) is 19.6. The van der Waals surface area contributed by atoms with Crippen molar-refractivity contribution in [2.24, 2.45) is 0 Å². The van der Waals surface area contributed by atoms with Crippen molar-refractivity contribution >= 4 is 11.8 Å². The first-order valence-corrected chi connectivity index (χ1v) is 10.4. The number of ether oxygens (including phenoxy) is 1. The summed E-state index contributed by atoms with van der Waals surface area (Å²) in [5.74, 6) is 2.08. The Kier molecular flexibility index (Phi) is 4.79. The molecule has 0 radical (unpaired) electrons. The Morgan fingerprint density at radius 2 is 1.52 bits per heavy atom. The van der Waals surface area contributed by atoms with Gasteiger partial charge in [0.2, 0.25) is 0 Å². The van der Waals surface area contributed by atoms with Crippen molar-refractivity contribution in [1.29, 1.82) is 0 Å². The normalized spacial score (nSPS) is 28.0. The number of methoxy groups -OCH3 is 1. The molecular weight excluding hydrogens is 326 g/mol. The van der Waals surface area contributed by atoms with Crippen molar-refractivity contribution in [1.82, 2.24) is 0 Å². The molecular formula is C22H28NOS+. The molecule has 3 aliphatic rings. The van der Waals surface area contributed by atoms with Gasteiger partial charge in [-0.15, -0.1) is 11.8 Å². The van der Waals surface area contributed by atoms with Gasteiger partial charge in [-0.05, 0) is 17.7 Å². The van der Waals surface area contributed by atoms with Crippen molar-refractivity contribution in [2.75, 3.05) is 26.7 Å². The summed E-state index contributed by atoms with van der Waals surface area (Å²) in [5, 5.41) is 0. The Bertz CT molecular complexity index is 673. The highest BCUT2D eigenvalue weighted by Crippen LogP contribution is 2.48. The van der Waals surface area contributed by atoms with E-state index in [4.69, 9.17) is 4.74 Å². The van der Waals surface area contributed by atoms with Crippen LogP contribution in [0.2, 0.25) is 0 Å². The second-order valence-electron chi connectivity index (χ2n) is 7.73. The quantitative estimate of drug-likeness (QED) is 0.684. The number of fused-ring (bicyclic) bond motifs is 3. The zero-order valence-electron chi connectivity index (χ0n) is 15.1. The summed E-state index contributed by atoms with van der Waals surface area (Å²) in [6.07, 6.45) is 4.13. The second-order valence-corrected chi connectivity index (χ2v) is 9.17. The van der Waals surface area contributed by atoms with E-state index in [0.29, 0.717) is 4.75 Å². The third-order valence-electron chi connectivity index (χ3n) is 6.19. The Labute approximate surface area is 155 Å². The van der Waals surface area contributed by atoms with E-state index in [2.05, 4.69) is 66.4 Å². The molecule has 0 amide bonds. The molecule has 3 saturated heterocycles. The van der Waals surface area contributed by atoms with Crippen LogP contribution in [0.1, 0.15) is 30.4 Å². The lowest BCUT2D eigenvalue weighted by Crippen LogP contribution is -2.62. The van der Waals surface area contributed by atoms with Crippen LogP contribution in [0, 0.1) is 0 Å². The van der Waals surface area contributed by atoms with Crippen LogP contribution >= 0.6 is 11.8 Å². The van der Waals surface area contributed by atoms with Gasteiger partial charge in [-0.1, -0.05) is 42.5 Å². The molecule has 3 heteroatoms. The molecule has 0 aliphatic carbocycles. The summed E-state index contributed by atoms with van der Waals surface area (Å²) in [4.78, 5) is 0. The van der Waals surface area contributed by atoms with Gasteiger partial charge in [0, 0.05) is 35.3 Å². The van der Waals surface area contributed by atoms with Crippen LogP contribution in [0.5, 0.6) is 5.75 Å². The average molecular weight is 355 g/mol. The van der Waals surface area contributed by atoms with E-state index in [-0.39, 0.29) is 0 Å². The van der Waals surface area contributed by atoms with Crippen molar-refractivity contribution < 1.29 is 9.22 Å². The molecule has 0 N–H and O–H groups in total. The molecule has 3 fully saturated rings. The van der Waals surface area contributed by atoms with Gasteiger partial charge in [-0.2, -0.15) is 0 Å². The molecule has 3 heterocycles. The number of rotatable bonds is 6. The molecule has 0 aromatic heterocycles. The highest BCUT2D eigenvalue weighted by atomic mass is 32.2. The van der Waals surface area contributed by atoms with Gasteiger partial charge >= 0.3 is 0 Å². The fourth-order valence-corrected chi connectivity index (χ4v) is 5.79. The Balaban J connectivity index is 1.35. The number of benzene rings is 2. The van der Waals surface area contributed by atoms with Crippen molar-refractivity contribution in [3.05, 3.63) is 65.7 Å². The van der Waals surface area contributed by atoms with Crippen molar-refractivity contribution in [3.8, 4) is 5.75 Å². The van der Waals surface area contributed by atoms with Crippen LogP contribution in [-0.2, 0) is 12.3 Å². The number of nitrogens with zero attached hydrogens (tertiary/aromatic N) is 1. The Morgan fingerprint density at radius 3 is 2.12 bits per heavy atom. The number of thioether (sulfide) groups is 1. The third kappa shape index (κ3) is 3.73. The standard InChI is InChI=1S/C22H28NOS/c1-24-21-9-7-20(8-10-21)18-25-22-11-14-23(15-12-22,16-13-22)17-19-5-3-2-4-6-19/h2-10H,11-18H2,1H3/q+1. The molecule has 2 bridgehead atoms. The predicted octanol–water partition coefficient (Wildman–Crippen LogP) is 4.88. The average Bonchev–Trinajstić information content (AvgIpc) is 2.69. The number of quaternary nitrogens is 1. The molecule has 5 rings (SSSR count). The van der Waals surface area contributed by atoms with Crippen LogP contribution < -0.4 is 4.74 Å². The third-order valence-corrected chi connectivity index (χ3v) is 7.89. The maximum absolute atomic E-state index is 5.26. The summed E-state index contributed by atoms with van der Waals surface area (Å²) in [6.45, 7) is 5.28. The topological polar surface area (TPSA) is 9.23 Å². The Morgan fingerprint density at radius 1 is 0.880 bits per heavy atom. The first-order valence-electron chi connectivity index (χ1n) is 9.37. The maximum Gasteiger partial charge on any atom is 0.118 e. The van der Waals surface area contributed by atoms with E-state index in [1.165, 1.54) is 61.1 Å². The van der Waals surface area contributed by atoms with Gasteiger partial charge < -0.3 is 9.22 Å². The van der Waals surface area contributed by atoms with E-state index in [1.807, 2.05) is 0 Å². The zero-order chi connectivity index (χ0) is 17.2. The minimum atomic E-state index is 0.524. The SMILES string of the molecule is COc1ccc(CSC23CC[N+](Cc4ccccc4)(CC2)CC3)cc1. The second kappa shape index (κ2) is 7.05. The zero-order valence-corrected chi connectivity index (χ0v) is 15.9. The molecule has 2 aromatic rings. The van der Waals surface area contributed by atoms with Gasteiger partial charge in [-0.3, -0.25) is 0 Å². The predicted molar refractivity (Wildman–Crippen MR) is 106 cm³/mol. The summed E-state index contributed by atoms with van der Waals surface area (Å²) in [5.41, 5.74) is 2.92. The lowest BCUT2D eigenvalue weighted by molar-refractivity contribution is -0.953. The summed E-state index contributed by atoms with van der Waals surface area (Å²) in [7, 11) is 1.73. The van der Waals surface area contributed by atoms with E-state index < -0.39 is 0 Å². The van der Waals surface area contributed by atoms with Crippen LogP contribution in [0.3, 0.4) is 0 Å². The largest absolute Gasteiger partial charge is 0.497 e. The van der Waals surface area contributed by atoms with Crippen LogP contribution in [0.4, 0.5) is 0 Å². The van der Waals surface area contributed by atoms with Gasteiger partial charge in [0.25, 0.3) is 0 Å². The molecule has 2 nitrogen and oxygen atoms in total. The summed E-state index contributed by atoms with van der Waals surface area (Å²) >= 11 is 2.20. The van der Waals surface area contributed by atoms with Gasteiger partial charge in [0.05, 0.1) is 26.7 Å². The van der Waals surface area contributed by atoms with E-state index >= 15 is 0 Å². The van der Waals surface area contributed by atoms with Crippen LogP contribution in [-0.4, -0.2) is 36.0 Å².